The zero-order valence-electron chi connectivity index (χ0n) is 18.6. The highest BCUT2D eigenvalue weighted by atomic mass is 79.9. The zero-order chi connectivity index (χ0) is 22.9. The number of halogens is 1. The number of aliphatic imine (C=N–C) groups is 1. The maximum Gasteiger partial charge on any atom is 0.336 e. The standard InChI is InChI=1S/C24H28BrNO5/c1-7-8-31-23(28)20-13(2)26-16-11-24(3,4)12-17(27)22(16)21(20)14-9-18(29-5)19(30-6)10-15(14)25/h7,9-10,21-22H,1,8,11-12H2,2-6H3/t21-,22+/m0/s1. The van der Waals surface area contributed by atoms with Gasteiger partial charge in [-0.1, -0.05) is 42.4 Å². The Bertz CT molecular complexity index is 992. The molecule has 1 saturated carbocycles. The molecular formula is C24H28BrNO5. The van der Waals surface area contributed by atoms with E-state index in [2.05, 4.69) is 36.4 Å². The topological polar surface area (TPSA) is 74.2 Å². The number of allylic oxidation sites excluding steroid dienone is 1. The smallest absolute Gasteiger partial charge is 0.336 e. The van der Waals surface area contributed by atoms with E-state index in [1.807, 2.05) is 6.07 Å². The van der Waals surface area contributed by atoms with E-state index in [1.54, 1.807) is 27.2 Å². The van der Waals surface area contributed by atoms with Crippen LogP contribution in [-0.2, 0) is 14.3 Å². The molecule has 1 aromatic rings. The van der Waals surface area contributed by atoms with Crippen molar-refractivity contribution >= 4 is 33.4 Å². The first-order valence-corrected chi connectivity index (χ1v) is 10.9. The van der Waals surface area contributed by atoms with Crippen molar-refractivity contribution in [3.05, 3.63) is 46.1 Å². The van der Waals surface area contributed by atoms with Crippen molar-refractivity contribution in [3.8, 4) is 11.5 Å². The van der Waals surface area contributed by atoms with Gasteiger partial charge in [0.05, 0.1) is 25.7 Å². The third-order valence-electron chi connectivity index (χ3n) is 5.75. The SMILES string of the molecule is C=CCOC(=O)C1=C(C)N=C2CC(C)(C)CC(=O)[C@@H]2[C@H]1c1cc(OC)c(OC)cc1Br. The number of ketones is 1. The number of ether oxygens (including phenoxy) is 3. The molecule has 2 atom stereocenters. The summed E-state index contributed by atoms with van der Waals surface area (Å²) in [5, 5.41) is 0. The van der Waals surface area contributed by atoms with E-state index in [0.717, 1.165) is 15.7 Å². The number of carbonyl (C=O) groups is 2. The summed E-state index contributed by atoms with van der Waals surface area (Å²) >= 11 is 3.62. The molecule has 31 heavy (non-hydrogen) atoms. The van der Waals surface area contributed by atoms with Crippen LogP contribution in [0.25, 0.3) is 0 Å². The van der Waals surface area contributed by atoms with Crippen molar-refractivity contribution in [2.75, 3.05) is 20.8 Å². The molecule has 1 aliphatic heterocycles. The molecule has 6 nitrogen and oxygen atoms in total. The van der Waals surface area contributed by atoms with Gasteiger partial charge < -0.3 is 14.2 Å². The van der Waals surface area contributed by atoms with Gasteiger partial charge in [-0.3, -0.25) is 9.79 Å². The zero-order valence-corrected chi connectivity index (χ0v) is 20.2. The van der Waals surface area contributed by atoms with Crippen molar-refractivity contribution in [2.24, 2.45) is 16.3 Å². The monoisotopic (exact) mass is 489 g/mol. The quantitative estimate of drug-likeness (QED) is 0.414. The molecule has 0 N–H and O–H groups in total. The van der Waals surface area contributed by atoms with Gasteiger partial charge >= 0.3 is 5.97 Å². The molecule has 0 spiro atoms. The molecule has 2 aliphatic rings. The lowest BCUT2D eigenvalue weighted by Crippen LogP contribution is -2.44. The number of esters is 1. The summed E-state index contributed by atoms with van der Waals surface area (Å²) in [5.74, 6) is -0.423. The first-order valence-electron chi connectivity index (χ1n) is 10.1. The van der Waals surface area contributed by atoms with Crippen LogP contribution in [0.2, 0.25) is 0 Å². The lowest BCUT2D eigenvalue weighted by atomic mass is 9.63. The van der Waals surface area contributed by atoms with E-state index in [9.17, 15) is 9.59 Å². The molecule has 0 bridgehead atoms. The second-order valence-corrected chi connectivity index (χ2v) is 9.51. The van der Waals surface area contributed by atoms with Gasteiger partial charge in [0.25, 0.3) is 0 Å². The molecule has 0 radical (unpaired) electrons. The molecule has 0 aromatic heterocycles. The Kier molecular flexibility index (Phi) is 6.74. The summed E-state index contributed by atoms with van der Waals surface area (Å²) in [6.45, 7) is 9.62. The van der Waals surface area contributed by atoms with Crippen molar-refractivity contribution < 1.29 is 23.8 Å². The molecule has 0 amide bonds. The van der Waals surface area contributed by atoms with E-state index < -0.39 is 17.8 Å². The Morgan fingerprint density at radius 2 is 1.87 bits per heavy atom. The minimum absolute atomic E-state index is 0.0724. The highest BCUT2D eigenvalue weighted by Gasteiger charge is 2.48. The second-order valence-electron chi connectivity index (χ2n) is 8.66. The number of benzene rings is 1. The van der Waals surface area contributed by atoms with E-state index in [0.29, 0.717) is 35.6 Å². The van der Waals surface area contributed by atoms with Crippen LogP contribution in [0, 0.1) is 11.3 Å². The molecule has 7 heteroatoms. The van der Waals surface area contributed by atoms with Gasteiger partial charge in [0.2, 0.25) is 0 Å². The lowest BCUT2D eigenvalue weighted by Gasteiger charge is -2.41. The minimum atomic E-state index is -0.539. The predicted octanol–water partition coefficient (Wildman–Crippen LogP) is 5.01. The molecule has 3 rings (SSSR count). The fourth-order valence-corrected chi connectivity index (χ4v) is 5.08. The average Bonchev–Trinajstić information content (AvgIpc) is 2.69. The lowest BCUT2D eigenvalue weighted by molar-refractivity contribution is -0.138. The van der Waals surface area contributed by atoms with Crippen molar-refractivity contribution in [2.45, 2.75) is 39.5 Å². The molecule has 1 aliphatic carbocycles. The van der Waals surface area contributed by atoms with Crippen LogP contribution in [-0.4, -0.2) is 38.3 Å². The van der Waals surface area contributed by atoms with Crippen molar-refractivity contribution in [3.63, 3.8) is 0 Å². The fourth-order valence-electron chi connectivity index (χ4n) is 4.52. The number of fused-ring (bicyclic) bond motifs is 1. The number of Topliss-reactive ketones (excluding diaryl/α,β-unsaturated/α-hetero) is 1. The largest absolute Gasteiger partial charge is 0.493 e. The highest BCUT2D eigenvalue weighted by Crippen LogP contribution is 2.50. The molecular weight excluding hydrogens is 462 g/mol. The van der Waals surface area contributed by atoms with Gasteiger partial charge in [-0.15, -0.1) is 0 Å². The van der Waals surface area contributed by atoms with Crippen LogP contribution in [0.1, 0.15) is 45.1 Å². The number of methoxy groups -OCH3 is 2. The van der Waals surface area contributed by atoms with Gasteiger partial charge in [0, 0.05) is 28.2 Å². The predicted molar refractivity (Wildman–Crippen MR) is 123 cm³/mol. The van der Waals surface area contributed by atoms with Crippen LogP contribution in [0.5, 0.6) is 11.5 Å². The van der Waals surface area contributed by atoms with E-state index in [4.69, 9.17) is 19.2 Å². The molecule has 1 aromatic carbocycles. The van der Waals surface area contributed by atoms with Gasteiger partial charge in [-0.25, -0.2) is 4.79 Å². The fraction of sp³-hybridized carbons (Fsp3) is 0.458. The normalized spacial score (nSPS) is 22.4. The Balaban J connectivity index is 2.23. The third-order valence-corrected chi connectivity index (χ3v) is 6.44. The first-order chi connectivity index (χ1) is 14.6. The Morgan fingerprint density at radius 1 is 1.23 bits per heavy atom. The molecule has 1 heterocycles. The van der Waals surface area contributed by atoms with Crippen molar-refractivity contribution in [1.29, 1.82) is 0 Å². The Labute approximate surface area is 191 Å². The summed E-state index contributed by atoms with van der Waals surface area (Å²) in [5.41, 5.74) is 2.35. The number of nitrogens with zero attached hydrogens (tertiary/aromatic N) is 1. The number of hydrogen-bond acceptors (Lipinski definition) is 6. The highest BCUT2D eigenvalue weighted by molar-refractivity contribution is 9.10. The minimum Gasteiger partial charge on any atom is -0.493 e. The van der Waals surface area contributed by atoms with Gasteiger partial charge in [-0.05, 0) is 36.5 Å². The number of hydrogen-bond donors (Lipinski definition) is 0. The number of carbonyl (C=O) groups excluding carboxylic acids is 2. The van der Waals surface area contributed by atoms with Crippen LogP contribution in [0.3, 0.4) is 0 Å². The van der Waals surface area contributed by atoms with Crippen LogP contribution >= 0.6 is 15.9 Å². The molecule has 1 fully saturated rings. The van der Waals surface area contributed by atoms with Crippen LogP contribution in [0.4, 0.5) is 0 Å². The molecule has 0 saturated heterocycles. The maximum absolute atomic E-state index is 13.4. The Hall–Kier alpha value is -2.41. The number of rotatable bonds is 6. The summed E-state index contributed by atoms with van der Waals surface area (Å²) < 4.78 is 17.0. The summed E-state index contributed by atoms with van der Waals surface area (Å²) in [6, 6.07) is 3.61. The molecule has 166 valence electrons. The van der Waals surface area contributed by atoms with Gasteiger partial charge in [0.15, 0.2) is 11.5 Å². The summed E-state index contributed by atoms with van der Waals surface area (Å²) in [4.78, 5) is 31.2. The van der Waals surface area contributed by atoms with E-state index >= 15 is 0 Å². The van der Waals surface area contributed by atoms with Gasteiger partial charge in [-0.2, -0.15) is 0 Å². The summed E-state index contributed by atoms with van der Waals surface area (Å²) in [6.07, 6.45) is 2.63. The van der Waals surface area contributed by atoms with Crippen LogP contribution < -0.4 is 9.47 Å². The first kappa shape index (κ1) is 23.3. The summed E-state index contributed by atoms with van der Waals surface area (Å²) in [7, 11) is 3.11. The Morgan fingerprint density at radius 3 is 2.48 bits per heavy atom. The molecule has 0 unspecified atom stereocenters. The third kappa shape index (κ3) is 4.47. The second kappa shape index (κ2) is 8.99. The van der Waals surface area contributed by atoms with Crippen molar-refractivity contribution in [1.82, 2.24) is 0 Å². The average molecular weight is 490 g/mol. The van der Waals surface area contributed by atoms with Crippen LogP contribution in [0.15, 0.2) is 45.5 Å². The van der Waals surface area contributed by atoms with E-state index in [1.165, 1.54) is 6.08 Å². The van der Waals surface area contributed by atoms with E-state index in [-0.39, 0.29) is 17.8 Å². The van der Waals surface area contributed by atoms with Gasteiger partial charge in [0.1, 0.15) is 12.4 Å². The maximum atomic E-state index is 13.4.